The lowest BCUT2D eigenvalue weighted by molar-refractivity contribution is 0.00783. The fourth-order valence-corrected chi connectivity index (χ4v) is 4.33. The van der Waals surface area contributed by atoms with E-state index in [1.165, 1.54) is 57.8 Å². The second kappa shape index (κ2) is 6.22. The zero-order valence-electron chi connectivity index (χ0n) is 11.7. The molecule has 2 saturated carbocycles. The highest BCUT2D eigenvalue weighted by Gasteiger charge is 2.33. The average molecular weight is 238 g/mol. The van der Waals surface area contributed by atoms with Gasteiger partial charge in [0.1, 0.15) is 0 Å². The number of hydrogen-bond acceptors (Lipinski definition) is 1. The maximum absolute atomic E-state index is 10.7. The number of aliphatic hydroxyl groups excluding tert-OH is 1. The van der Waals surface area contributed by atoms with E-state index in [-0.39, 0.29) is 6.10 Å². The van der Waals surface area contributed by atoms with E-state index in [2.05, 4.69) is 13.8 Å². The molecular formula is C16H30O. The molecule has 0 bridgehead atoms. The maximum atomic E-state index is 10.7. The summed E-state index contributed by atoms with van der Waals surface area (Å²) in [6.45, 7) is 4.73. The molecule has 0 saturated heterocycles. The topological polar surface area (TPSA) is 20.2 Å². The fraction of sp³-hybridized carbons (Fsp3) is 1.00. The van der Waals surface area contributed by atoms with Gasteiger partial charge in [0.2, 0.25) is 0 Å². The zero-order chi connectivity index (χ0) is 12.3. The molecule has 0 aliphatic heterocycles. The Labute approximate surface area is 107 Å². The van der Waals surface area contributed by atoms with Gasteiger partial charge in [-0.05, 0) is 55.8 Å². The van der Waals surface area contributed by atoms with Crippen LogP contribution < -0.4 is 0 Å². The number of hydrogen-bond donors (Lipinski definition) is 1. The molecule has 2 fully saturated rings. The molecule has 0 heterocycles. The lowest BCUT2D eigenvalue weighted by Crippen LogP contribution is -2.34. The SMILES string of the molecule is CC1CC(C)CC(C(O)C2CCCCCC2)C1. The van der Waals surface area contributed by atoms with Crippen LogP contribution in [0.2, 0.25) is 0 Å². The van der Waals surface area contributed by atoms with Gasteiger partial charge < -0.3 is 5.11 Å². The van der Waals surface area contributed by atoms with Crippen molar-refractivity contribution in [2.24, 2.45) is 23.7 Å². The Morgan fingerprint density at radius 3 is 1.82 bits per heavy atom. The first-order valence-electron chi connectivity index (χ1n) is 7.85. The van der Waals surface area contributed by atoms with Crippen LogP contribution in [0.1, 0.15) is 71.6 Å². The predicted octanol–water partition coefficient (Wildman–Crippen LogP) is 4.39. The maximum Gasteiger partial charge on any atom is 0.0596 e. The molecule has 100 valence electrons. The number of aliphatic hydroxyl groups is 1. The van der Waals surface area contributed by atoms with E-state index < -0.39 is 0 Å². The van der Waals surface area contributed by atoms with Crippen LogP contribution in [0.5, 0.6) is 0 Å². The van der Waals surface area contributed by atoms with Gasteiger partial charge in [0.25, 0.3) is 0 Å². The Morgan fingerprint density at radius 1 is 0.765 bits per heavy atom. The molecule has 17 heavy (non-hydrogen) atoms. The molecule has 2 aliphatic rings. The van der Waals surface area contributed by atoms with Crippen molar-refractivity contribution >= 4 is 0 Å². The monoisotopic (exact) mass is 238 g/mol. The molecule has 0 spiro atoms. The van der Waals surface area contributed by atoms with Crippen molar-refractivity contribution in [3.63, 3.8) is 0 Å². The highest BCUT2D eigenvalue weighted by Crippen LogP contribution is 2.39. The Kier molecular flexibility index (Phi) is 4.90. The quantitative estimate of drug-likeness (QED) is 0.707. The molecule has 2 rings (SSSR count). The summed E-state index contributed by atoms with van der Waals surface area (Å²) in [5.41, 5.74) is 0. The first-order valence-corrected chi connectivity index (χ1v) is 7.85. The minimum absolute atomic E-state index is 0.00157. The van der Waals surface area contributed by atoms with E-state index in [9.17, 15) is 5.11 Å². The molecule has 0 aromatic rings. The average Bonchev–Trinajstić information content (AvgIpc) is 2.55. The first kappa shape index (κ1) is 13.4. The minimum atomic E-state index is -0.00157. The predicted molar refractivity (Wildman–Crippen MR) is 72.9 cm³/mol. The third kappa shape index (κ3) is 3.71. The van der Waals surface area contributed by atoms with E-state index in [1.54, 1.807) is 0 Å². The van der Waals surface area contributed by atoms with Gasteiger partial charge in [0, 0.05) is 0 Å². The normalized spacial score (nSPS) is 38.6. The second-order valence-electron chi connectivity index (χ2n) is 6.92. The first-order chi connectivity index (χ1) is 8.16. The summed E-state index contributed by atoms with van der Waals surface area (Å²) >= 11 is 0. The van der Waals surface area contributed by atoms with Gasteiger partial charge >= 0.3 is 0 Å². The van der Waals surface area contributed by atoms with Crippen molar-refractivity contribution in [2.75, 3.05) is 0 Å². The third-order valence-corrected chi connectivity index (χ3v) is 5.08. The van der Waals surface area contributed by atoms with Gasteiger partial charge in [0.15, 0.2) is 0 Å². The van der Waals surface area contributed by atoms with Crippen LogP contribution >= 0.6 is 0 Å². The summed E-state index contributed by atoms with van der Waals surface area (Å²) in [6.07, 6.45) is 11.9. The van der Waals surface area contributed by atoms with Crippen LogP contribution in [0.25, 0.3) is 0 Å². The highest BCUT2D eigenvalue weighted by molar-refractivity contribution is 4.84. The Morgan fingerprint density at radius 2 is 1.29 bits per heavy atom. The summed E-state index contributed by atoms with van der Waals surface area (Å²) in [5, 5.41) is 10.7. The molecule has 1 heteroatoms. The Hall–Kier alpha value is -0.0400. The summed E-state index contributed by atoms with van der Waals surface area (Å²) in [6, 6.07) is 0. The van der Waals surface area contributed by atoms with Crippen LogP contribution in [0.3, 0.4) is 0 Å². The van der Waals surface area contributed by atoms with Crippen molar-refractivity contribution in [2.45, 2.75) is 77.7 Å². The third-order valence-electron chi connectivity index (χ3n) is 5.08. The van der Waals surface area contributed by atoms with Gasteiger partial charge in [-0.3, -0.25) is 0 Å². The largest absolute Gasteiger partial charge is 0.393 e. The molecule has 1 nitrogen and oxygen atoms in total. The summed E-state index contributed by atoms with van der Waals surface area (Å²) in [4.78, 5) is 0. The number of rotatable bonds is 2. The van der Waals surface area contributed by atoms with E-state index in [0.717, 1.165) is 11.8 Å². The Balaban J connectivity index is 1.90. The molecule has 2 aliphatic carbocycles. The van der Waals surface area contributed by atoms with E-state index in [1.807, 2.05) is 0 Å². The van der Waals surface area contributed by atoms with Crippen LogP contribution in [0.4, 0.5) is 0 Å². The molecular weight excluding hydrogens is 208 g/mol. The summed E-state index contributed by atoms with van der Waals surface area (Å²) in [7, 11) is 0. The van der Waals surface area contributed by atoms with Gasteiger partial charge in [-0.1, -0.05) is 39.5 Å². The van der Waals surface area contributed by atoms with E-state index in [4.69, 9.17) is 0 Å². The van der Waals surface area contributed by atoms with Gasteiger partial charge in [0.05, 0.1) is 6.10 Å². The summed E-state index contributed by atoms with van der Waals surface area (Å²) in [5.74, 6) is 2.85. The fourth-order valence-electron chi connectivity index (χ4n) is 4.33. The van der Waals surface area contributed by atoms with Gasteiger partial charge in [-0.2, -0.15) is 0 Å². The van der Waals surface area contributed by atoms with Crippen molar-refractivity contribution in [3.05, 3.63) is 0 Å². The minimum Gasteiger partial charge on any atom is -0.393 e. The molecule has 3 unspecified atom stereocenters. The Bertz CT molecular complexity index is 208. The molecule has 3 atom stereocenters. The van der Waals surface area contributed by atoms with Crippen LogP contribution in [0.15, 0.2) is 0 Å². The highest BCUT2D eigenvalue weighted by atomic mass is 16.3. The second-order valence-corrected chi connectivity index (χ2v) is 6.92. The zero-order valence-corrected chi connectivity index (χ0v) is 11.7. The lowest BCUT2D eigenvalue weighted by Gasteiger charge is -2.37. The smallest absolute Gasteiger partial charge is 0.0596 e. The van der Waals surface area contributed by atoms with Crippen LogP contribution in [0, 0.1) is 23.7 Å². The van der Waals surface area contributed by atoms with Crippen LogP contribution in [-0.2, 0) is 0 Å². The lowest BCUT2D eigenvalue weighted by atomic mass is 9.71. The molecule has 0 aromatic heterocycles. The van der Waals surface area contributed by atoms with Crippen molar-refractivity contribution in [1.82, 2.24) is 0 Å². The van der Waals surface area contributed by atoms with Crippen LogP contribution in [-0.4, -0.2) is 11.2 Å². The molecule has 1 N–H and O–H groups in total. The standard InChI is InChI=1S/C16H30O/c1-12-9-13(2)11-15(10-12)16(17)14-7-5-3-4-6-8-14/h12-17H,3-11H2,1-2H3. The van der Waals surface area contributed by atoms with E-state index >= 15 is 0 Å². The van der Waals surface area contributed by atoms with Gasteiger partial charge in [-0.15, -0.1) is 0 Å². The summed E-state index contributed by atoms with van der Waals surface area (Å²) < 4.78 is 0. The molecule has 0 amide bonds. The van der Waals surface area contributed by atoms with E-state index in [0.29, 0.717) is 11.8 Å². The van der Waals surface area contributed by atoms with Crippen molar-refractivity contribution in [1.29, 1.82) is 0 Å². The molecule has 0 aromatic carbocycles. The van der Waals surface area contributed by atoms with Crippen molar-refractivity contribution in [3.8, 4) is 0 Å². The molecule has 0 radical (unpaired) electrons. The van der Waals surface area contributed by atoms with Crippen molar-refractivity contribution < 1.29 is 5.11 Å². The van der Waals surface area contributed by atoms with Gasteiger partial charge in [-0.25, -0.2) is 0 Å².